The van der Waals surface area contributed by atoms with Crippen LogP contribution in [0.25, 0.3) is 0 Å². The van der Waals surface area contributed by atoms with Crippen molar-refractivity contribution in [2.75, 3.05) is 17.2 Å². The Balaban J connectivity index is 1.71. The van der Waals surface area contributed by atoms with E-state index >= 15 is 0 Å². The number of ether oxygens (including phenoxy) is 1. The first-order valence-electron chi connectivity index (χ1n) is 9.08. The number of anilines is 2. The van der Waals surface area contributed by atoms with Gasteiger partial charge in [0.25, 0.3) is 11.8 Å². The monoisotopic (exact) mass is 466 g/mol. The maximum absolute atomic E-state index is 13.5. The van der Waals surface area contributed by atoms with Crippen LogP contribution in [0.3, 0.4) is 0 Å². The molecule has 0 aliphatic carbocycles. The molecule has 166 valence electrons. The van der Waals surface area contributed by atoms with Gasteiger partial charge in [0.05, 0.1) is 11.3 Å². The Kier molecular flexibility index (Phi) is 6.99. The van der Waals surface area contributed by atoms with Crippen molar-refractivity contribution in [3.8, 4) is 5.75 Å². The fourth-order valence-electron chi connectivity index (χ4n) is 2.64. The third-order valence-electron chi connectivity index (χ3n) is 4.15. The lowest BCUT2D eigenvalue weighted by atomic mass is 10.1. The van der Waals surface area contributed by atoms with Gasteiger partial charge in [-0.25, -0.2) is 4.39 Å². The second-order valence-corrected chi connectivity index (χ2v) is 6.95. The number of hydrogen-bond acceptors (Lipinski definition) is 3. The average molecular weight is 467 g/mol. The summed E-state index contributed by atoms with van der Waals surface area (Å²) in [6.45, 7) is -0.526. The predicted molar refractivity (Wildman–Crippen MR) is 111 cm³/mol. The number of halogens is 5. The van der Waals surface area contributed by atoms with Gasteiger partial charge in [0.2, 0.25) is 0 Å². The largest absolute Gasteiger partial charge is 0.484 e. The first kappa shape index (κ1) is 23.1. The molecule has 3 rings (SSSR count). The molecule has 0 aromatic heterocycles. The molecule has 0 spiro atoms. The Labute approximate surface area is 185 Å². The van der Waals surface area contributed by atoms with E-state index in [1.54, 1.807) is 0 Å². The molecule has 0 saturated carbocycles. The second-order valence-electron chi connectivity index (χ2n) is 6.51. The summed E-state index contributed by atoms with van der Waals surface area (Å²) >= 11 is 5.74. The van der Waals surface area contributed by atoms with Crippen LogP contribution in [0.15, 0.2) is 66.7 Å². The van der Waals surface area contributed by atoms with E-state index in [1.165, 1.54) is 42.5 Å². The molecular formula is C22H15ClF4N2O3. The van der Waals surface area contributed by atoms with Crippen LogP contribution in [-0.4, -0.2) is 18.4 Å². The zero-order valence-electron chi connectivity index (χ0n) is 16.2. The van der Waals surface area contributed by atoms with Gasteiger partial charge in [-0.15, -0.1) is 0 Å². The molecule has 0 saturated heterocycles. The van der Waals surface area contributed by atoms with Crippen LogP contribution in [0.5, 0.6) is 5.75 Å². The van der Waals surface area contributed by atoms with Gasteiger partial charge >= 0.3 is 6.18 Å². The molecular weight excluding hydrogens is 452 g/mol. The Hall–Kier alpha value is -3.59. The van der Waals surface area contributed by atoms with Gasteiger partial charge in [-0.1, -0.05) is 11.6 Å². The molecule has 2 amide bonds. The van der Waals surface area contributed by atoms with E-state index in [4.69, 9.17) is 16.3 Å². The first-order chi connectivity index (χ1) is 15.1. The highest BCUT2D eigenvalue weighted by molar-refractivity contribution is 6.30. The normalized spacial score (nSPS) is 11.0. The third kappa shape index (κ3) is 6.21. The Morgan fingerprint density at radius 1 is 0.906 bits per heavy atom. The van der Waals surface area contributed by atoms with Crippen LogP contribution in [0.1, 0.15) is 15.9 Å². The molecule has 0 aliphatic rings. The van der Waals surface area contributed by atoms with Gasteiger partial charge in [0, 0.05) is 16.3 Å². The fourth-order valence-corrected chi connectivity index (χ4v) is 2.76. The van der Waals surface area contributed by atoms with Crippen LogP contribution in [-0.2, 0) is 11.0 Å². The molecule has 3 aromatic rings. The quantitative estimate of drug-likeness (QED) is 0.453. The lowest BCUT2D eigenvalue weighted by Gasteiger charge is -2.16. The van der Waals surface area contributed by atoms with E-state index in [0.29, 0.717) is 16.8 Å². The van der Waals surface area contributed by atoms with E-state index in [9.17, 15) is 27.2 Å². The van der Waals surface area contributed by atoms with Gasteiger partial charge in [-0.2, -0.15) is 13.2 Å². The Morgan fingerprint density at radius 3 is 2.19 bits per heavy atom. The number of carbonyl (C=O) groups excluding carboxylic acids is 2. The van der Waals surface area contributed by atoms with Crippen molar-refractivity contribution in [1.29, 1.82) is 0 Å². The molecule has 0 radical (unpaired) electrons. The average Bonchev–Trinajstić information content (AvgIpc) is 2.74. The molecule has 0 aliphatic heterocycles. The molecule has 2 N–H and O–H groups in total. The molecule has 0 atom stereocenters. The summed E-state index contributed by atoms with van der Waals surface area (Å²) in [7, 11) is 0. The standard InChI is InChI=1S/C22H15ClF4N2O3/c23-14-3-8-17(9-4-14)32-12-20(30)29-19-10-7-16(11-18(19)22(25,26)27)28-21(31)13-1-5-15(24)6-2-13/h1-11H,12H2,(H,28,31)(H,29,30). The highest BCUT2D eigenvalue weighted by Crippen LogP contribution is 2.36. The number of nitrogens with one attached hydrogen (secondary N) is 2. The maximum Gasteiger partial charge on any atom is 0.418 e. The van der Waals surface area contributed by atoms with Crippen LogP contribution in [0.2, 0.25) is 5.02 Å². The maximum atomic E-state index is 13.5. The van der Waals surface area contributed by atoms with Crippen LogP contribution in [0, 0.1) is 5.82 Å². The molecule has 0 unspecified atom stereocenters. The summed E-state index contributed by atoms with van der Waals surface area (Å²) in [6.07, 6.45) is -4.81. The number of benzene rings is 3. The highest BCUT2D eigenvalue weighted by atomic mass is 35.5. The minimum atomic E-state index is -4.81. The fraction of sp³-hybridized carbons (Fsp3) is 0.0909. The number of rotatable bonds is 6. The smallest absolute Gasteiger partial charge is 0.418 e. The first-order valence-corrected chi connectivity index (χ1v) is 9.46. The number of amides is 2. The van der Waals surface area contributed by atoms with Crippen molar-refractivity contribution in [2.45, 2.75) is 6.18 Å². The summed E-state index contributed by atoms with van der Waals surface area (Å²) in [5.41, 5.74) is -1.74. The number of alkyl halides is 3. The minimum absolute atomic E-state index is 0.0664. The zero-order chi connectivity index (χ0) is 23.3. The minimum Gasteiger partial charge on any atom is -0.484 e. The Bertz CT molecular complexity index is 1120. The predicted octanol–water partition coefficient (Wildman–Crippen LogP) is 5.77. The summed E-state index contributed by atoms with van der Waals surface area (Å²) in [4.78, 5) is 24.3. The molecule has 3 aromatic carbocycles. The SMILES string of the molecule is O=C(COc1ccc(Cl)cc1)Nc1ccc(NC(=O)c2ccc(F)cc2)cc1C(F)(F)F. The summed E-state index contributed by atoms with van der Waals surface area (Å²) in [6, 6.07) is 13.5. The van der Waals surface area contributed by atoms with E-state index in [0.717, 1.165) is 18.2 Å². The van der Waals surface area contributed by atoms with Gasteiger partial charge in [0.15, 0.2) is 6.61 Å². The summed E-state index contributed by atoms with van der Waals surface area (Å²) in [5, 5.41) is 4.93. The highest BCUT2D eigenvalue weighted by Gasteiger charge is 2.34. The van der Waals surface area contributed by atoms with Gasteiger partial charge in [-0.3, -0.25) is 9.59 Å². The molecule has 0 fully saturated rings. The number of hydrogen-bond donors (Lipinski definition) is 2. The van der Waals surface area contributed by atoms with Gasteiger partial charge in [-0.05, 0) is 66.7 Å². The third-order valence-corrected chi connectivity index (χ3v) is 4.40. The topological polar surface area (TPSA) is 67.4 Å². The van der Waals surface area contributed by atoms with Crippen LogP contribution in [0.4, 0.5) is 28.9 Å². The van der Waals surface area contributed by atoms with Crippen molar-refractivity contribution >= 4 is 34.8 Å². The number of carbonyl (C=O) groups is 2. The van der Waals surface area contributed by atoms with E-state index < -0.39 is 41.7 Å². The molecule has 10 heteroatoms. The zero-order valence-corrected chi connectivity index (χ0v) is 16.9. The van der Waals surface area contributed by atoms with E-state index in [-0.39, 0.29) is 11.3 Å². The van der Waals surface area contributed by atoms with Crippen molar-refractivity contribution in [2.24, 2.45) is 0 Å². The van der Waals surface area contributed by atoms with Crippen molar-refractivity contribution in [3.63, 3.8) is 0 Å². The Morgan fingerprint density at radius 2 is 1.56 bits per heavy atom. The van der Waals surface area contributed by atoms with Crippen molar-refractivity contribution < 1.29 is 31.9 Å². The molecule has 0 bridgehead atoms. The lowest BCUT2D eigenvalue weighted by molar-refractivity contribution is -0.137. The summed E-state index contributed by atoms with van der Waals surface area (Å²) in [5.74, 6) is -1.76. The lowest BCUT2D eigenvalue weighted by Crippen LogP contribution is -2.22. The van der Waals surface area contributed by atoms with Crippen molar-refractivity contribution in [1.82, 2.24) is 0 Å². The van der Waals surface area contributed by atoms with Crippen LogP contribution >= 0.6 is 11.6 Å². The molecule has 5 nitrogen and oxygen atoms in total. The summed E-state index contributed by atoms with van der Waals surface area (Å²) < 4.78 is 58.8. The van der Waals surface area contributed by atoms with Gasteiger partial charge in [0.1, 0.15) is 11.6 Å². The van der Waals surface area contributed by atoms with E-state index in [2.05, 4.69) is 10.6 Å². The second kappa shape index (κ2) is 9.69. The van der Waals surface area contributed by atoms with E-state index in [1.807, 2.05) is 0 Å². The van der Waals surface area contributed by atoms with Crippen LogP contribution < -0.4 is 15.4 Å². The molecule has 32 heavy (non-hydrogen) atoms. The molecule has 0 heterocycles. The van der Waals surface area contributed by atoms with Crippen molar-refractivity contribution in [3.05, 3.63) is 88.7 Å². The van der Waals surface area contributed by atoms with Gasteiger partial charge < -0.3 is 15.4 Å².